The molecule has 2 aliphatic carbocycles. The average Bonchev–Trinajstić information content (AvgIpc) is 3.18. The third-order valence-corrected chi connectivity index (χ3v) is 11.5. The molecular weight excluding hydrogens is 482 g/mol. The molecule has 2 saturated carbocycles. The molecule has 2 fully saturated rings. The van der Waals surface area contributed by atoms with Gasteiger partial charge in [0.1, 0.15) is 0 Å². The summed E-state index contributed by atoms with van der Waals surface area (Å²) < 4.78 is 0. The summed E-state index contributed by atoms with van der Waals surface area (Å²) in [5, 5.41) is 0.916. The minimum absolute atomic E-state index is 0.0302. The van der Waals surface area contributed by atoms with Crippen molar-refractivity contribution in [2.24, 2.45) is 11.8 Å². The summed E-state index contributed by atoms with van der Waals surface area (Å²) in [5.74, 6) is 1.62. The predicted octanol–water partition coefficient (Wildman–Crippen LogP) is 9.50. The van der Waals surface area contributed by atoms with Gasteiger partial charge in [0.05, 0.1) is 9.81 Å². The zero-order valence-electron chi connectivity index (χ0n) is 23.9. The van der Waals surface area contributed by atoms with Crippen molar-refractivity contribution >= 4 is 35.3 Å². The lowest BCUT2D eigenvalue weighted by atomic mass is 9.83. The summed E-state index contributed by atoms with van der Waals surface area (Å²) in [4.78, 5) is 30.5. The van der Waals surface area contributed by atoms with Crippen molar-refractivity contribution in [2.45, 2.75) is 160 Å². The minimum atomic E-state index is -0.484. The van der Waals surface area contributed by atoms with E-state index >= 15 is 0 Å². The van der Waals surface area contributed by atoms with Crippen LogP contribution in [0.3, 0.4) is 0 Å². The highest BCUT2D eigenvalue weighted by molar-refractivity contribution is 8.08. The molecule has 0 N–H and O–H groups in total. The summed E-state index contributed by atoms with van der Waals surface area (Å²) >= 11 is 3.53. The average molecular weight is 536 g/mol. The van der Waals surface area contributed by atoms with E-state index in [1.165, 1.54) is 109 Å². The lowest BCUT2D eigenvalue weighted by molar-refractivity contribution is -0.142. The Morgan fingerprint density at radius 2 is 1.14 bits per heavy atom. The highest BCUT2D eigenvalue weighted by atomic mass is 32.2. The van der Waals surface area contributed by atoms with Crippen molar-refractivity contribution in [3.8, 4) is 0 Å². The quantitative estimate of drug-likeness (QED) is 0.304. The lowest BCUT2D eigenvalue weighted by Crippen LogP contribution is -2.46. The van der Waals surface area contributed by atoms with Crippen LogP contribution in [-0.4, -0.2) is 32.8 Å². The number of rotatable bonds is 7. The Morgan fingerprint density at radius 3 is 1.64 bits per heavy atom. The van der Waals surface area contributed by atoms with Crippen molar-refractivity contribution in [2.75, 3.05) is 0 Å². The van der Waals surface area contributed by atoms with Crippen LogP contribution in [0.15, 0.2) is 9.81 Å². The molecule has 0 radical (unpaired) electrons. The SMILES string of the molecule is CCC[C@@H](C)[C@H]1CCCCC(SC2=C(SC3CCCCCCCC3)C(=O)N(C(C)(C)C)C2=O)CCC1. The number of hydrogen-bond donors (Lipinski definition) is 0. The first-order valence-corrected chi connectivity index (χ1v) is 16.9. The van der Waals surface area contributed by atoms with Gasteiger partial charge in [-0.1, -0.05) is 97.3 Å². The van der Waals surface area contributed by atoms with Gasteiger partial charge >= 0.3 is 0 Å². The molecule has 2 amide bonds. The summed E-state index contributed by atoms with van der Waals surface area (Å²) in [5.41, 5.74) is -0.484. The summed E-state index contributed by atoms with van der Waals surface area (Å²) in [6.45, 7) is 10.7. The van der Waals surface area contributed by atoms with Gasteiger partial charge in [0.2, 0.25) is 0 Å². The molecule has 5 heteroatoms. The second-order valence-electron chi connectivity index (χ2n) is 12.7. The minimum Gasteiger partial charge on any atom is -0.268 e. The molecule has 1 heterocycles. The first-order valence-electron chi connectivity index (χ1n) is 15.2. The van der Waals surface area contributed by atoms with E-state index in [0.29, 0.717) is 10.5 Å². The maximum atomic E-state index is 13.7. The van der Waals surface area contributed by atoms with Crippen LogP contribution >= 0.6 is 23.5 Å². The molecule has 206 valence electrons. The number of amides is 2. The van der Waals surface area contributed by atoms with Crippen LogP contribution in [0, 0.1) is 11.8 Å². The van der Waals surface area contributed by atoms with Crippen LogP contribution in [-0.2, 0) is 9.59 Å². The van der Waals surface area contributed by atoms with Crippen LogP contribution in [0.1, 0.15) is 144 Å². The normalized spacial score (nSPS) is 27.2. The van der Waals surface area contributed by atoms with Gasteiger partial charge in [-0.25, -0.2) is 0 Å². The Kier molecular flexibility index (Phi) is 12.3. The van der Waals surface area contributed by atoms with Gasteiger partial charge in [-0.2, -0.15) is 0 Å². The van der Waals surface area contributed by atoms with E-state index in [0.717, 1.165) is 21.6 Å². The van der Waals surface area contributed by atoms with Crippen molar-refractivity contribution in [3.63, 3.8) is 0 Å². The van der Waals surface area contributed by atoms with Crippen LogP contribution in [0.2, 0.25) is 0 Å². The molecule has 1 aliphatic heterocycles. The van der Waals surface area contributed by atoms with Crippen LogP contribution < -0.4 is 0 Å². The zero-order chi connectivity index (χ0) is 26.1. The van der Waals surface area contributed by atoms with Crippen LogP contribution in [0.5, 0.6) is 0 Å². The molecule has 3 atom stereocenters. The number of hydrogen-bond acceptors (Lipinski definition) is 4. The fourth-order valence-electron chi connectivity index (χ4n) is 6.41. The van der Waals surface area contributed by atoms with Gasteiger partial charge in [-0.15, -0.1) is 23.5 Å². The topological polar surface area (TPSA) is 37.4 Å². The maximum Gasteiger partial charge on any atom is 0.269 e. The predicted molar refractivity (Wildman–Crippen MR) is 158 cm³/mol. The number of carbonyl (C=O) groups excluding carboxylic acids is 2. The molecule has 0 spiro atoms. The van der Waals surface area contributed by atoms with Crippen molar-refractivity contribution in [3.05, 3.63) is 9.81 Å². The monoisotopic (exact) mass is 535 g/mol. The highest BCUT2D eigenvalue weighted by Crippen LogP contribution is 2.46. The van der Waals surface area contributed by atoms with E-state index in [4.69, 9.17) is 0 Å². The Morgan fingerprint density at radius 1 is 0.722 bits per heavy atom. The summed E-state index contributed by atoms with van der Waals surface area (Å²) in [6.07, 6.45) is 21.6. The highest BCUT2D eigenvalue weighted by Gasteiger charge is 2.45. The Labute approximate surface area is 230 Å². The molecule has 3 nitrogen and oxygen atoms in total. The number of carbonyl (C=O) groups is 2. The van der Waals surface area contributed by atoms with Gasteiger partial charge in [-0.3, -0.25) is 14.5 Å². The third kappa shape index (κ3) is 8.55. The van der Waals surface area contributed by atoms with E-state index < -0.39 is 5.54 Å². The molecule has 0 saturated heterocycles. The first kappa shape index (κ1) is 30.1. The molecule has 0 aromatic rings. The van der Waals surface area contributed by atoms with Crippen LogP contribution in [0.25, 0.3) is 0 Å². The fourth-order valence-corrected chi connectivity index (χ4v) is 9.27. The van der Waals surface area contributed by atoms with Gasteiger partial charge < -0.3 is 0 Å². The smallest absolute Gasteiger partial charge is 0.268 e. The Hall–Kier alpha value is -0.420. The van der Waals surface area contributed by atoms with Crippen molar-refractivity contribution < 1.29 is 9.59 Å². The number of nitrogens with zero attached hydrogens (tertiary/aromatic N) is 1. The maximum absolute atomic E-state index is 13.7. The standard InChI is InChI=1S/C31H53NO2S2/c1-6-16-23(2)24-17-13-14-21-26(22-15-18-24)36-28-27(29(33)32(30(28)34)31(3,4)5)35-25-19-11-9-7-8-10-12-20-25/h23-26H,6-22H2,1-5H3/t23-,24+,26?/m1/s1. The molecule has 1 unspecified atom stereocenters. The second kappa shape index (κ2) is 14.7. The lowest BCUT2D eigenvalue weighted by Gasteiger charge is -2.30. The van der Waals surface area contributed by atoms with Crippen molar-refractivity contribution in [1.29, 1.82) is 0 Å². The van der Waals surface area contributed by atoms with E-state index in [1.54, 1.807) is 28.4 Å². The molecule has 0 aromatic carbocycles. The Bertz CT molecular complexity index is 746. The summed E-state index contributed by atoms with van der Waals surface area (Å²) in [6, 6.07) is 0. The van der Waals surface area contributed by atoms with Crippen LogP contribution in [0.4, 0.5) is 0 Å². The van der Waals surface area contributed by atoms with E-state index in [9.17, 15) is 9.59 Å². The fraction of sp³-hybridized carbons (Fsp3) is 0.871. The van der Waals surface area contributed by atoms with Crippen molar-refractivity contribution in [1.82, 2.24) is 4.90 Å². The van der Waals surface area contributed by atoms with E-state index in [2.05, 4.69) is 13.8 Å². The third-order valence-electron chi connectivity index (χ3n) is 8.54. The van der Waals surface area contributed by atoms with Gasteiger partial charge in [0, 0.05) is 16.0 Å². The zero-order valence-corrected chi connectivity index (χ0v) is 25.5. The molecule has 36 heavy (non-hydrogen) atoms. The van der Waals surface area contributed by atoms with Gasteiger partial charge in [0.25, 0.3) is 11.8 Å². The van der Waals surface area contributed by atoms with E-state index in [-0.39, 0.29) is 11.8 Å². The molecular formula is C31H53NO2S2. The molecule has 3 aliphatic rings. The second-order valence-corrected chi connectivity index (χ2v) is 15.3. The van der Waals surface area contributed by atoms with E-state index in [1.807, 2.05) is 20.8 Å². The molecule has 0 bridgehead atoms. The number of imide groups is 1. The molecule has 0 aromatic heterocycles. The summed E-state index contributed by atoms with van der Waals surface area (Å²) in [7, 11) is 0. The number of thioether (sulfide) groups is 2. The first-order chi connectivity index (χ1) is 17.2. The van der Waals surface area contributed by atoms with Gasteiger partial charge in [0.15, 0.2) is 0 Å². The Balaban J connectivity index is 1.76. The van der Waals surface area contributed by atoms with Gasteiger partial charge in [-0.05, 0) is 58.3 Å². The largest absolute Gasteiger partial charge is 0.269 e. The molecule has 3 rings (SSSR count).